The van der Waals surface area contributed by atoms with E-state index in [1.54, 1.807) is 6.20 Å². The average Bonchev–Trinajstić information content (AvgIpc) is 2.66. The molecule has 1 atom stereocenters. The zero-order chi connectivity index (χ0) is 10.7. The Labute approximate surface area is 88.5 Å². The van der Waals surface area contributed by atoms with Gasteiger partial charge in [0.1, 0.15) is 5.82 Å². The van der Waals surface area contributed by atoms with E-state index < -0.39 is 0 Å². The van der Waals surface area contributed by atoms with Gasteiger partial charge in [-0.2, -0.15) is 5.10 Å². The SMILES string of the molecule is CC(Nc1cn[nH]c1N)c1ccccc1. The van der Waals surface area contributed by atoms with Crippen LogP contribution in [0.1, 0.15) is 18.5 Å². The standard InChI is InChI=1S/C11H14N4/c1-8(9-5-3-2-4-6-9)14-10-7-13-15-11(10)12/h2-8,14H,1H3,(H3,12,13,15). The minimum Gasteiger partial charge on any atom is -0.382 e. The Balaban J connectivity index is 2.11. The Morgan fingerprint density at radius 2 is 2.07 bits per heavy atom. The van der Waals surface area contributed by atoms with Crippen molar-refractivity contribution in [2.75, 3.05) is 11.1 Å². The van der Waals surface area contributed by atoms with E-state index in [0.29, 0.717) is 5.82 Å². The van der Waals surface area contributed by atoms with Gasteiger partial charge in [0, 0.05) is 6.04 Å². The second-order valence-electron chi connectivity index (χ2n) is 3.47. The molecule has 0 fully saturated rings. The number of nitrogens with two attached hydrogens (primary N) is 1. The molecule has 0 bridgehead atoms. The number of nitrogens with zero attached hydrogens (tertiary/aromatic N) is 1. The Bertz CT molecular complexity index is 421. The summed E-state index contributed by atoms with van der Waals surface area (Å²) >= 11 is 0. The fourth-order valence-corrected chi connectivity index (χ4v) is 1.47. The normalized spacial score (nSPS) is 12.3. The van der Waals surface area contributed by atoms with Crippen LogP contribution in [0.4, 0.5) is 11.5 Å². The summed E-state index contributed by atoms with van der Waals surface area (Å²) < 4.78 is 0. The highest BCUT2D eigenvalue weighted by molar-refractivity contribution is 5.60. The molecule has 78 valence electrons. The third-order valence-corrected chi connectivity index (χ3v) is 2.34. The van der Waals surface area contributed by atoms with Crippen molar-refractivity contribution in [1.29, 1.82) is 0 Å². The van der Waals surface area contributed by atoms with Crippen LogP contribution in [0.25, 0.3) is 0 Å². The van der Waals surface area contributed by atoms with Gasteiger partial charge in [-0.1, -0.05) is 30.3 Å². The monoisotopic (exact) mass is 202 g/mol. The highest BCUT2D eigenvalue weighted by Gasteiger charge is 2.07. The van der Waals surface area contributed by atoms with Crippen molar-refractivity contribution in [2.24, 2.45) is 0 Å². The number of nitrogens with one attached hydrogen (secondary N) is 2. The number of nitrogen functional groups attached to an aromatic ring is 1. The average molecular weight is 202 g/mol. The van der Waals surface area contributed by atoms with Crippen molar-refractivity contribution in [3.8, 4) is 0 Å². The van der Waals surface area contributed by atoms with Crippen LogP contribution >= 0.6 is 0 Å². The molecule has 2 rings (SSSR count). The Morgan fingerprint density at radius 3 is 2.67 bits per heavy atom. The molecule has 0 amide bonds. The number of aromatic amines is 1. The lowest BCUT2D eigenvalue weighted by atomic mass is 10.1. The van der Waals surface area contributed by atoms with Crippen molar-refractivity contribution in [1.82, 2.24) is 10.2 Å². The molecule has 2 aromatic rings. The van der Waals surface area contributed by atoms with Crippen LogP contribution in [0.15, 0.2) is 36.5 Å². The maximum atomic E-state index is 5.69. The minimum absolute atomic E-state index is 0.214. The third-order valence-electron chi connectivity index (χ3n) is 2.34. The molecule has 0 aliphatic heterocycles. The molecule has 4 N–H and O–H groups in total. The Kier molecular flexibility index (Phi) is 2.58. The molecule has 4 heteroatoms. The zero-order valence-corrected chi connectivity index (χ0v) is 8.57. The summed E-state index contributed by atoms with van der Waals surface area (Å²) in [6.07, 6.45) is 1.69. The van der Waals surface area contributed by atoms with Gasteiger partial charge in [-0.3, -0.25) is 5.10 Å². The van der Waals surface area contributed by atoms with E-state index >= 15 is 0 Å². The summed E-state index contributed by atoms with van der Waals surface area (Å²) in [5, 5.41) is 9.83. The molecule has 1 aromatic carbocycles. The molecule has 0 aliphatic rings. The molecular weight excluding hydrogens is 188 g/mol. The van der Waals surface area contributed by atoms with Gasteiger partial charge in [0.2, 0.25) is 0 Å². The fourth-order valence-electron chi connectivity index (χ4n) is 1.47. The molecule has 0 saturated heterocycles. The summed E-state index contributed by atoms with van der Waals surface area (Å²) in [5.41, 5.74) is 7.75. The van der Waals surface area contributed by atoms with Gasteiger partial charge < -0.3 is 11.1 Å². The first-order valence-corrected chi connectivity index (χ1v) is 4.87. The number of hydrogen-bond acceptors (Lipinski definition) is 3. The number of hydrogen-bond donors (Lipinski definition) is 3. The summed E-state index contributed by atoms with van der Waals surface area (Å²) in [4.78, 5) is 0. The maximum Gasteiger partial charge on any atom is 0.142 e. The number of H-pyrrole nitrogens is 1. The lowest BCUT2D eigenvalue weighted by molar-refractivity contribution is 0.886. The van der Waals surface area contributed by atoms with E-state index in [2.05, 4.69) is 34.6 Å². The summed E-state index contributed by atoms with van der Waals surface area (Å²) in [5.74, 6) is 0.567. The minimum atomic E-state index is 0.214. The van der Waals surface area contributed by atoms with Gasteiger partial charge >= 0.3 is 0 Å². The second-order valence-corrected chi connectivity index (χ2v) is 3.47. The molecule has 1 aromatic heterocycles. The molecular formula is C11H14N4. The molecule has 1 heterocycles. The molecule has 15 heavy (non-hydrogen) atoms. The van der Waals surface area contributed by atoms with E-state index in [1.807, 2.05) is 18.2 Å². The van der Waals surface area contributed by atoms with Gasteiger partial charge in [-0.15, -0.1) is 0 Å². The van der Waals surface area contributed by atoms with Crippen molar-refractivity contribution >= 4 is 11.5 Å². The van der Waals surface area contributed by atoms with Crippen molar-refractivity contribution in [3.05, 3.63) is 42.1 Å². The van der Waals surface area contributed by atoms with E-state index in [0.717, 1.165) is 5.69 Å². The van der Waals surface area contributed by atoms with Crippen LogP contribution in [0.3, 0.4) is 0 Å². The van der Waals surface area contributed by atoms with Gasteiger partial charge in [0.15, 0.2) is 0 Å². The topological polar surface area (TPSA) is 66.7 Å². The van der Waals surface area contributed by atoms with Gasteiger partial charge in [0.25, 0.3) is 0 Å². The number of rotatable bonds is 3. The van der Waals surface area contributed by atoms with E-state index in [9.17, 15) is 0 Å². The first-order valence-electron chi connectivity index (χ1n) is 4.87. The second kappa shape index (κ2) is 4.04. The Morgan fingerprint density at radius 1 is 1.33 bits per heavy atom. The van der Waals surface area contributed by atoms with Crippen LogP contribution in [-0.2, 0) is 0 Å². The molecule has 0 saturated carbocycles. The predicted octanol–water partition coefficient (Wildman–Crippen LogP) is 2.17. The first-order chi connectivity index (χ1) is 7.27. The fraction of sp³-hybridized carbons (Fsp3) is 0.182. The van der Waals surface area contributed by atoms with Crippen LogP contribution in [0.2, 0.25) is 0 Å². The molecule has 0 aliphatic carbocycles. The van der Waals surface area contributed by atoms with Crippen LogP contribution in [0, 0.1) is 0 Å². The number of aromatic nitrogens is 2. The van der Waals surface area contributed by atoms with Crippen LogP contribution in [-0.4, -0.2) is 10.2 Å². The van der Waals surface area contributed by atoms with E-state index in [1.165, 1.54) is 5.56 Å². The van der Waals surface area contributed by atoms with Crippen molar-refractivity contribution in [2.45, 2.75) is 13.0 Å². The summed E-state index contributed by atoms with van der Waals surface area (Å²) in [6.45, 7) is 2.09. The first kappa shape index (κ1) is 9.58. The molecule has 0 radical (unpaired) electrons. The molecule has 4 nitrogen and oxygen atoms in total. The highest BCUT2D eigenvalue weighted by Crippen LogP contribution is 2.21. The largest absolute Gasteiger partial charge is 0.382 e. The predicted molar refractivity (Wildman–Crippen MR) is 61.5 cm³/mol. The van der Waals surface area contributed by atoms with Gasteiger partial charge in [-0.25, -0.2) is 0 Å². The van der Waals surface area contributed by atoms with Crippen molar-refractivity contribution < 1.29 is 0 Å². The van der Waals surface area contributed by atoms with Crippen LogP contribution < -0.4 is 11.1 Å². The van der Waals surface area contributed by atoms with E-state index in [-0.39, 0.29) is 6.04 Å². The smallest absolute Gasteiger partial charge is 0.142 e. The third kappa shape index (κ3) is 2.10. The van der Waals surface area contributed by atoms with Gasteiger partial charge in [0.05, 0.1) is 11.9 Å². The van der Waals surface area contributed by atoms with E-state index in [4.69, 9.17) is 5.73 Å². The molecule has 0 spiro atoms. The lowest BCUT2D eigenvalue weighted by Gasteiger charge is -2.14. The van der Waals surface area contributed by atoms with Crippen molar-refractivity contribution in [3.63, 3.8) is 0 Å². The highest BCUT2D eigenvalue weighted by atomic mass is 15.2. The Hall–Kier alpha value is -1.97. The number of benzene rings is 1. The summed E-state index contributed by atoms with van der Waals surface area (Å²) in [7, 11) is 0. The number of anilines is 2. The molecule has 1 unspecified atom stereocenters. The summed E-state index contributed by atoms with van der Waals surface area (Å²) in [6, 6.07) is 10.4. The lowest BCUT2D eigenvalue weighted by Crippen LogP contribution is -2.07. The van der Waals surface area contributed by atoms with Crippen LogP contribution in [0.5, 0.6) is 0 Å². The zero-order valence-electron chi connectivity index (χ0n) is 8.57. The maximum absolute atomic E-state index is 5.69. The van der Waals surface area contributed by atoms with Gasteiger partial charge in [-0.05, 0) is 12.5 Å². The quantitative estimate of drug-likeness (QED) is 0.714.